The fraction of sp³-hybridized carbons (Fsp3) is 0.750. The number of aliphatic hydroxyl groups excluding tert-OH is 1. The number of carboxylic acid groups (broad SMARTS) is 1. The number of fused-ring (bicyclic) bond motifs is 1. The molecular weight excluding hydrogens is 346 g/mol. The van der Waals surface area contributed by atoms with Crippen molar-refractivity contribution in [2.45, 2.75) is 57.3 Å². The minimum absolute atomic E-state index is 0.00438. The molecule has 146 valence electrons. The van der Waals surface area contributed by atoms with Gasteiger partial charge >= 0.3 is 12.1 Å². The quantitative estimate of drug-likeness (QED) is 0.364. The fourth-order valence-electron chi connectivity index (χ4n) is 3.29. The Kier molecular flexibility index (Phi) is 7.02. The zero-order valence-corrected chi connectivity index (χ0v) is 14.9. The normalized spacial score (nSPS) is 30.8. The van der Waals surface area contributed by atoms with E-state index < -0.39 is 41.5 Å². The second-order valence-corrected chi connectivity index (χ2v) is 7.13. The van der Waals surface area contributed by atoms with Gasteiger partial charge in [-0.1, -0.05) is 13.8 Å². The van der Waals surface area contributed by atoms with Gasteiger partial charge in [-0.25, -0.2) is 4.79 Å². The van der Waals surface area contributed by atoms with E-state index in [1.165, 1.54) is 6.92 Å². The number of carbonyl (C=O) groups is 3. The molecule has 0 unspecified atom stereocenters. The minimum atomic E-state index is -1.44. The lowest BCUT2D eigenvalue weighted by Gasteiger charge is -2.30. The summed E-state index contributed by atoms with van der Waals surface area (Å²) in [5.74, 6) is -2.58. The minimum Gasteiger partial charge on any atom is -0.479 e. The molecule has 0 aromatic carbocycles. The summed E-state index contributed by atoms with van der Waals surface area (Å²) in [7, 11) is 0. The maximum absolute atomic E-state index is 12.3. The summed E-state index contributed by atoms with van der Waals surface area (Å²) in [5.41, 5.74) is 4.28. The molecule has 2 fully saturated rings. The Morgan fingerprint density at radius 1 is 1.19 bits per heavy atom. The Balaban J connectivity index is 0.00000105. The molecule has 6 N–H and O–H groups in total. The number of carbonyl (C=O) groups excluding carboxylic acids is 4. The number of hydrogen-bond donors (Lipinski definition) is 5. The van der Waals surface area contributed by atoms with Crippen molar-refractivity contribution in [1.29, 1.82) is 0 Å². The number of amides is 2. The van der Waals surface area contributed by atoms with Crippen LogP contribution in [0.5, 0.6) is 0 Å². The van der Waals surface area contributed by atoms with Crippen molar-refractivity contribution < 1.29 is 34.2 Å². The summed E-state index contributed by atoms with van der Waals surface area (Å²) in [4.78, 5) is 52.1. The Labute approximate surface area is 150 Å². The van der Waals surface area contributed by atoms with Gasteiger partial charge in [0, 0.05) is 6.42 Å². The number of nitrogens with one attached hydrogen (secondary N) is 2. The number of nitrogens with two attached hydrogens (primary N) is 1. The smallest absolute Gasteiger partial charge is 0.373 e. The van der Waals surface area contributed by atoms with Crippen LogP contribution in [0.1, 0.15) is 33.6 Å². The van der Waals surface area contributed by atoms with Crippen LogP contribution >= 0.6 is 0 Å². The number of carboxylic acids is 1. The van der Waals surface area contributed by atoms with Gasteiger partial charge in [0.05, 0.1) is 12.1 Å². The molecule has 0 radical (unpaired) electrons. The van der Waals surface area contributed by atoms with E-state index in [4.69, 9.17) is 15.3 Å². The highest BCUT2D eigenvalue weighted by atomic mass is 16.4. The first-order valence-electron chi connectivity index (χ1n) is 8.30. The zero-order valence-electron chi connectivity index (χ0n) is 14.9. The van der Waals surface area contributed by atoms with Gasteiger partial charge in [-0.05, 0) is 31.1 Å². The van der Waals surface area contributed by atoms with Crippen molar-refractivity contribution in [3.63, 3.8) is 0 Å². The summed E-state index contributed by atoms with van der Waals surface area (Å²) < 4.78 is 0. The summed E-state index contributed by atoms with van der Waals surface area (Å²) in [6.45, 7) is 5.06. The van der Waals surface area contributed by atoms with Gasteiger partial charge in [-0.15, -0.1) is 0 Å². The number of rotatable bonds is 6. The maximum Gasteiger partial charge on any atom is 0.373 e. The third kappa shape index (κ3) is 4.46. The van der Waals surface area contributed by atoms with Gasteiger partial charge in [0.15, 0.2) is 0 Å². The first-order chi connectivity index (χ1) is 12.0. The molecule has 26 heavy (non-hydrogen) atoms. The van der Waals surface area contributed by atoms with Crippen molar-refractivity contribution in [2.75, 3.05) is 0 Å². The molecule has 0 aliphatic heterocycles. The molecule has 0 heterocycles. The molecule has 0 aromatic heterocycles. The van der Waals surface area contributed by atoms with Crippen LogP contribution in [0.3, 0.4) is 0 Å². The van der Waals surface area contributed by atoms with Gasteiger partial charge in [-0.3, -0.25) is 9.59 Å². The van der Waals surface area contributed by atoms with Crippen molar-refractivity contribution in [1.82, 2.24) is 10.6 Å². The lowest BCUT2D eigenvalue weighted by Crippen LogP contribution is -2.60. The van der Waals surface area contributed by atoms with Crippen LogP contribution in [0.15, 0.2) is 0 Å². The van der Waals surface area contributed by atoms with E-state index in [1.807, 2.05) is 0 Å². The summed E-state index contributed by atoms with van der Waals surface area (Å²) in [6, 6.07) is -1.64. The van der Waals surface area contributed by atoms with Crippen LogP contribution in [0.25, 0.3) is 0 Å². The highest BCUT2D eigenvalue weighted by Crippen LogP contribution is 2.57. The van der Waals surface area contributed by atoms with E-state index in [2.05, 4.69) is 10.6 Å². The Morgan fingerprint density at radius 2 is 1.73 bits per heavy atom. The van der Waals surface area contributed by atoms with Crippen molar-refractivity contribution in [3.05, 3.63) is 0 Å². The lowest BCUT2D eigenvalue weighted by molar-refractivity contribution is -0.191. The first-order valence-corrected chi connectivity index (χ1v) is 8.30. The van der Waals surface area contributed by atoms with Crippen molar-refractivity contribution in [3.8, 4) is 0 Å². The van der Waals surface area contributed by atoms with Crippen LogP contribution in [-0.2, 0) is 24.0 Å². The van der Waals surface area contributed by atoms with E-state index >= 15 is 0 Å². The molecule has 2 aliphatic rings. The molecule has 0 saturated heterocycles. The van der Waals surface area contributed by atoms with E-state index in [9.17, 15) is 24.6 Å². The van der Waals surface area contributed by atoms with E-state index in [0.29, 0.717) is 6.42 Å². The second-order valence-electron chi connectivity index (χ2n) is 7.13. The molecule has 10 heteroatoms. The largest absolute Gasteiger partial charge is 0.479 e. The summed E-state index contributed by atoms with van der Waals surface area (Å²) in [6.07, 6.45) is 0.123. The Hall–Kier alpha value is -2.29. The van der Waals surface area contributed by atoms with Crippen LogP contribution in [0.2, 0.25) is 0 Å². The second kappa shape index (κ2) is 8.39. The van der Waals surface area contributed by atoms with Gasteiger partial charge in [0.25, 0.3) is 0 Å². The third-order valence-electron chi connectivity index (χ3n) is 5.00. The van der Waals surface area contributed by atoms with Crippen LogP contribution in [0.4, 0.5) is 0 Å². The average molecular weight is 371 g/mol. The summed E-state index contributed by atoms with van der Waals surface area (Å²) in [5, 5.41) is 24.4. The van der Waals surface area contributed by atoms with Gasteiger partial charge in [0.2, 0.25) is 11.8 Å². The topological polar surface area (TPSA) is 176 Å². The molecular formula is C16H25N3O7. The summed E-state index contributed by atoms with van der Waals surface area (Å²) >= 11 is 0. The van der Waals surface area contributed by atoms with Gasteiger partial charge in [-0.2, -0.15) is 9.59 Å². The van der Waals surface area contributed by atoms with E-state index in [0.717, 1.165) is 0 Å². The molecule has 0 bridgehead atoms. The van der Waals surface area contributed by atoms with Crippen molar-refractivity contribution in [2.24, 2.45) is 23.5 Å². The monoisotopic (exact) mass is 371 g/mol. The molecule has 0 spiro atoms. The van der Waals surface area contributed by atoms with E-state index in [1.54, 1.807) is 13.8 Å². The molecule has 10 nitrogen and oxygen atoms in total. The van der Waals surface area contributed by atoms with Crippen LogP contribution < -0.4 is 16.4 Å². The third-order valence-corrected chi connectivity index (χ3v) is 5.00. The highest BCUT2D eigenvalue weighted by molar-refractivity contribution is 5.93. The van der Waals surface area contributed by atoms with Gasteiger partial charge < -0.3 is 26.6 Å². The van der Waals surface area contributed by atoms with Gasteiger partial charge in [0.1, 0.15) is 11.6 Å². The Bertz CT molecular complexity index is 603. The molecule has 6 atom stereocenters. The molecule has 2 aliphatic carbocycles. The Morgan fingerprint density at radius 3 is 2.08 bits per heavy atom. The SMILES string of the molecule is CC(C)[C@H](N)C(=O)N[C@@H](C)C(=O)N[C@@]1(C(=O)O)C[C@H](O)[C@H]2C[C@H]21.O=C=O. The molecule has 2 amide bonds. The average Bonchev–Trinajstić information content (AvgIpc) is 3.29. The molecule has 2 rings (SSSR count). The predicted molar refractivity (Wildman–Crippen MR) is 86.2 cm³/mol. The zero-order chi connectivity index (χ0) is 20.2. The fourth-order valence-corrected chi connectivity index (χ4v) is 3.29. The lowest BCUT2D eigenvalue weighted by atomic mass is 9.92. The standard InChI is InChI=1S/C15H25N3O5.CO2/c1-6(2)11(16)13(21)17-7(3)12(20)18-15(14(22)23)5-10(19)8-4-9(8)15;2-1-3/h6-11,19H,4-5,16H2,1-3H3,(H,17,21)(H,18,20)(H,22,23);/t7-,8-,9+,10-,11-,15-;/m0./s1. The molecule has 0 aromatic rings. The maximum atomic E-state index is 12.3. The van der Waals surface area contributed by atoms with E-state index in [-0.39, 0.29) is 30.3 Å². The van der Waals surface area contributed by atoms with Crippen LogP contribution in [-0.4, -0.2) is 57.9 Å². The van der Waals surface area contributed by atoms with Crippen LogP contribution in [0, 0.1) is 17.8 Å². The first kappa shape index (κ1) is 21.8. The number of hydrogen-bond acceptors (Lipinski definition) is 7. The highest BCUT2D eigenvalue weighted by Gasteiger charge is 2.67. The van der Waals surface area contributed by atoms with Crippen molar-refractivity contribution >= 4 is 23.9 Å². The number of aliphatic hydroxyl groups is 1. The number of aliphatic carboxylic acids is 1. The molecule has 2 saturated carbocycles. The predicted octanol–water partition coefficient (Wildman–Crippen LogP) is -1.77.